The van der Waals surface area contributed by atoms with Gasteiger partial charge < -0.3 is 15.0 Å². The van der Waals surface area contributed by atoms with E-state index in [1.54, 1.807) is 7.11 Å². The zero-order valence-electron chi connectivity index (χ0n) is 10.3. The van der Waals surface area contributed by atoms with Crippen molar-refractivity contribution in [3.63, 3.8) is 0 Å². The predicted octanol–water partition coefficient (Wildman–Crippen LogP) is 2.58. The number of methoxy groups -OCH3 is 1. The van der Waals surface area contributed by atoms with E-state index >= 15 is 0 Å². The molecule has 0 unspecified atom stereocenters. The smallest absolute Gasteiger partial charge is 0.144 e. The molecule has 16 heavy (non-hydrogen) atoms. The maximum absolute atomic E-state index is 5.38. The fourth-order valence-corrected chi connectivity index (χ4v) is 2.20. The largest absolute Gasteiger partial charge is 0.495 e. The minimum atomic E-state index is 0.678. The summed E-state index contributed by atoms with van der Waals surface area (Å²) in [5, 5.41) is 3.42. The summed E-state index contributed by atoms with van der Waals surface area (Å²) in [6.07, 6.45) is 0. The van der Waals surface area contributed by atoms with Crippen LogP contribution in [0.15, 0.2) is 18.2 Å². The highest BCUT2D eigenvalue weighted by Gasteiger charge is 2.19. The first kappa shape index (κ1) is 11.1. The van der Waals surface area contributed by atoms with Crippen molar-refractivity contribution in [2.75, 3.05) is 37.0 Å². The minimum Gasteiger partial charge on any atom is -0.495 e. The van der Waals surface area contributed by atoms with Crippen molar-refractivity contribution in [2.24, 2.45) is 5.92 Å². The van der Waals surface area contributed by atoms with Crippen LogP contribution in [0.5, 0.6) is 5.75 Å². The van der Waals surface area contributed by atoms with Gasteiger partial charge in [0.2, 0.25) is 0 Å². The standard InChI is InChI=1S/C13H20N2O/c1-10(2)9-15-8-7-14-13-11(15)5-4-6-12(13)16-3/h4-6,10,14H,7-9H2,1-3H3. The molecule has 1 aliphatic rings. The second-order valence-electron chi connectivity index (χ2n) is 4.62. The number of rotatable bonds is 3. The highest BCUT2D eigenvalue weighted by molar-refractivity contribution is 5.78. The van der Waals surface area contributed by atoms with E-state index in [1.165, 1.54) is 5.69 Å². The van der Waals surface area contributed by atoms with Gasteiger partial charge in [0.1, 0.15) is 11.4 Å². The summed E-state index contributed by atoms with van der Waals surface area (Å²) in [4.78, 5) is 2.43. The maximum Gasteiger partial charge on any atom is 0.144 e. The van der Waals surface area contributed by atoms with E-state index < -0.39 is 0 Å². The lowest BCUT2D eigenvalue weighted by Gasteiger charge is -2.34. The first-order chi connectivity index (χ1) is 7.72. The first-order valence-corrected chi connectivity index (χ1v) is 5.88. The molecule has 3 heteroatoms. The lowest BCUT2D eigenvalue weighted by Crippen LogP contribution is -2.36. The number of para-hydroxylation sites is 1. The number of ether oxygens (including phenoxy) is 1. The van der Waals surface area contributed by atoms with Gasteiger partial charge in [0, 0.05) is 19.6 Å². The molecule has 1 heterocycles. The Morgan fingerprint density at radius 3 is 2.94 bits per heavy atom. The number of nitrogens with zero attached hydrogens (tertiary/aromatic N) is 1. The predicted molar refractivity (Wildman–Crippen MR) is 68.5 cm³/mol. The Balaban J connectivity index is 2.31. The van der Waals surface area contributed by atoms with Crippen LogP contribution in [0.2, 0.25) is 0 Å². The third kappa shape index (κ3) is 2.08. The van der Waals surface area contributed by atoms with Crippen molar-refractivity contribution in [1.29, 1.82) is 0 Å². The molecule has 1 aromatic carbocycles. The van der Waals surface area contributed by atoms with Gasteiger partial charge in [-0.1, -0.05) is 19.9 Å². The molecule has 0 spiro atoms. The number of benzene rings is 1. The summed E-state index contributed by atoms with van der Waals surface area (Å²) in [7, 11) is 1.72. The summed E-state index contributed by atoms with van der Waals surface area (Å²) < 4.78 is 5.38. The van der Waals surface area contributed by atoms with Crippen molar-refractivity contribution in [1.82, 2.24) is 0 Å². The Kier molecular flexibility index (Phi) is 3.22. The quantitative estimate of drug-likeness (QED) is 0.847. The van der Waals surface area contributed by atoms with Crippen LogP contribution in [0.4, 0.5) is 11.4 Å². The van der Waals surface area contributed by atoms with E-state index in [2.05, 4.69) is 36.2 Å². The van der Waals surface area contributed by atoms with Gasteiger partial charge >= 0.3 is 0 Å². The fraction of sp³-hybridized carbons (Fsp3) is 0.538. The van der Waals surface area contributed by atoms with Crippen molar-refractivity contribution in [3.8, 4) is 5.75 Å². The molecule has 88 valence electrons. The van der Waals surface area contributed by atoms with Crippen molar-refractivity contribution in [2.45, 2.75) is 13.8 Å². The Hall–Kier alpha value is -1.38. The van der Waals surface area contributed by atoms with Gasteiger partial charge in [-0.05, 0) is 18.1 Å². The molecular formula is C13H20N2O. The lowest BCUT2D eigenvalue weighted by atomic mass is 10.1. The molecule has 0 amide bonds. The molecule has 0 saturated heterocycles. The van der Waals surface area contributed by atoms with E-state index in [9.17, 15) is 0 Å². The molecule has 0 aliphatic carbocycles. The Labute approximate surface area is 97.4 Å². The molecule has 2 rings (SSSR count). The van der Waals surface area contributed by atoms with Gasteiger partial charge in [-0.15, -0.1) is 0 Å². The molecule has 3 nitrogen and oxygen atoms in total. The van der Waals surface area contributed by atoms with Gasteiger partial charge in [-0.25, -0.2) is 0 Å². The molecule has 0 saturated carbocycles. The van der Waals surface area contributed by atoms with Crippen molar-refractivity contribution < 1.29 is 4.74 Å². The molecule has 0 fully saturated rings. The average Bonchev–Trinajstić information content (AvgIpc) is 2.28. The van der Waals surface area contributed by atoms with Gasteiger partial charge in [-0.3, -0.25) is 0 Å². The third-order valence-corrected chi connectivity index (χ3v) is 2.83. The number of fused-ring (bicyclic) bond motifs is 1. The van der Waals surface area contributed by atoms with Crippen LogP contribution in [0, 0.1) is 5.92 Å². The van der Waals surface area contributed by atoms with E-state index in [0.717, 1.165) is 31.1 Å². The van der Waals surface area contributed by atoms with Crippen LogP contribution >= 0.6 is 0 Å². The van der Waals surface area contributed by atoms with Crippen LogP contribution in [0.25, 0.3) is 0 Å². The maximum atomic E-state index is 5.38. The first-order valence-electron chi connectivity index (χ1n) is 5.88. The molecule has 0 atom stereocenters. The molecule has 1 N–H and O–H groups in total. The summed E-state index contributed by atoms with van der Waals surface area (Å²) in [6, 6.07) is 6.22. The van der Waals surface area contributed by atoms with Gasteiger partial charge in [-0.2, -0.15) is 0 Å². The lowest BCUT2D eigenvalue weighted by molar-refractivity contribution is 0.416. The van der Waals surface area contributed by atoms with Gasteiger partial charge in [0.05, 0.1) is 12.8 Å². The van der Waals surface area contributed by atoms with Crippen LogP contribution in [-0.4, -0.2) is 26.7 Å². The second kappa shape index (κ2) is 4.64. The molecular weight excluding hydrogens is 200 g/mol. The molecule has 0 radical (unpaired) electrons. The number of hydrogen-bond donors (Lipinski definition) is 1. The van der Waals surface area contributed by atoms with Crippen molar-refractivity contribution in [3.05, 3.63) is 18.2 Å². The van der Waals surface area contributed by atoms with E-state index in [0.29, 0.717) is 5.92 Å². The zero-order valence-corrected chi connectivity index (χ0v) is 10.3. The molecule has 1 aromatic rings. The minimum absolute atomic E-state index is 0.678. The summed E-state index contributed by atoms with van der Waals surface area (Å²) in [6.45, 7) is 7.66. The van der Waals surface area contributed by atoms with Crippen LogP contribution in [0.1, 0.15) is 13.8 Å². The van der Waals surface area contributed by atoms with E-state index in [-0.39, 0.29) is 0 Å². The fourth-order valence-electron chi connectivity index (χ4n) is 2.20. The molecule has 0 bridgehead atoms. The number of anilines is 2. The number of nitrogens with one attached hydrogen (secondary N) is 1. The number of hydrogen-bond acceptors (Lipinski definition) is 3. The second-order valence-corrected chi connectivity index (χ2v) is 4.62. The van der Waals surface area contributed by atoms with Crippen LogP contribution in [-0.2, 0) is 0 Å². The molecule has 0 aromatic heterocycles. The average molecular weight is 220 g/mol. The van der Waals surface area contributed by atoms with Crippen molar-refractivity contribution >= 4 is 11.4 Å². The SMILES string of the molecule is COc1cccc2c1NCCN2CC(C)C. The highest BCUT2D eigenvalue weighted by Crippen LogP contribution is 2.37. The molecule has 1 aliphatic heterocycles. The monoisotopic (exact) mass is 220 g/mol. The summed E-state index contributed by atoms with van der Waals surface area (Å²) >= 11 is 0. The highest BCUT2D eigenvalue weighted by atomic mass is 16.5. The van der Waals surface area contributed by atoms with E-state index in [4.69, 9.17) is 4.74 Å². The zero-order chi connectivity index (χ0) is 11.5. The third-order valence-electron chi connectivity index (χ3n) is 2.83. The Morgan fingerprint density at radius 2 is 2.25 bits per heavy atom. The summed E-state index contributed by atoms with van der Waals surface area (Å²) in [5.41, 5.74) is 2.40. The summed E-state index contributed by atoms with van der Waals surface area (Å²) in [5.74, 6) is 1.61. The van der Waals surface area contributed by atoms with Gasteiger partial charge in [0.25, 0.3) is 0 Å². The Bertz CT molecular complexity index is 363. The Morgan fingerprint density at radius 1 is 1.44 bits per heavy atom. The van der Waals surface area contributed by atoms with Crippen LogP contribution < -0.4 is 15.0 Å². The normalized spacial score (nSPS) is 14.6. The van der Waals surface area contributed by atoms with E-state index in [1.807, 2.05) is 6.07 Å². The van der Waals surface area contributed by atoms with Gasteiger partial charge in [0.15, 0.2) is 0 Å². The topological polar surface area (TPSA) is 24.5 Å². The van der Waals surface area contributed by atoms with Crippen LogP contribution in [0.3, 0.4) is 0 Å².